The molecule has 16 nitrogen and oxygen atoms in total. The van der Waals surface area contributed by atoms with Crippen LogP contribution in [-0.4, -0.2) is 89.5 Å². The third kappa shape index (κ3) is 9.54. The summed E-state index contributed by atoms with van der Waals surface area (Å²) in [7, 11) is -4.63. The maximum Gasteiger partial charge on any atom is 0.312 e. The van der Waals surface area contributed by atoms with Crippen LogP contribution < -0.4 is 19.7 Å². The van der Waals surface area contributed by atoms with Gasteiger partial charge in [0.25, 0.3) is 15.9 Å². The molecule has 0 unspecified atom stereocenters. The number of fused-ring (bicyclic) bond motifs is 1. The Balaban J connectivity index is 0.898. The van der Waals surface area contributed by atoms with Gasteiger partial charge in [0.05, 0.1) is 36.6 Å². The lowest BCUT2D eigenvalue weighted by molar-refractivity contribution is -0.384. The number of rotatable bonds is 13. The van der Waals surface area contributed by atoms with Crippen LogP contribution in [0.3, 0.4) is 0 Å². The molecular formula is C48H59N9O7S. The number of hydrogen-bond donors (Lipinski definition) is 3. The average Bonchev–Trinajstić information content (AvgIpc) is 3.76. The number of amides is 1. The lowest BCUT2D eigenvalue weighted by atomic mass is 9.59. The lowest BCUT2D eigenvalue weighted by Gasteiger charge is -2.57. The van der Waals surface area contributed by atoms with Gasteiger partial charge in [-0.3, -0.25) is 19.8 Å². The number of piperidine rings is 1. The molecule has 65 heavy (non-hydrogen) atoms. The molecule has 17 heteroatoms. The first-order valence-corrected chi connectivity index (χ1v) is 24.4. The molecule has 5 aromatic rings. The van der Waals surface area contributed by atoms with Crippen LogP contribution in [0.1, 0.15) is 113 Å². The number of aromatic amines is 1. The van der Waals surface area contributed by atoms with E-state index >= 15 is 0 Å². The predicted molar refractivity (Wildman–Crippen MR) is 248 cm³/mol. The normalized spacial score (nSPS) is 20.4. The van der Waals surface area contributed by atoms with Gasteiger partial charge in [-0.2, -0.15) is 4.98 Å². The number of H-pyrrole nitrogens is 1. The number of nitrogens with one attached hydrogen (secondary N) is 3. The summed E-state index contributed by atoms with van der Waals surface area (Å²) in [6.45, 7) is 13.3. The molecule has 1 atom stereocenters. The van der Waals surface area contributed by atoms with E-state index < -0.39 is 31.4 Å². The number of nitro groups is 1. The smallest absolute Gasteiger partial charge is 0.312 e. The number of carbonyl (C=O) groups is 1. The van der Waals surface area contributed by atoms with Crippen molar-refractivity contribution in [3.05, 3.63) is 100.0 Å². The van der Waals surface area contributed by atoms with Crippen molar-refractivity contribution >= 4 is 44.3 Å². The number of pyridine rings is 3. The monoisotopic (exact) mass is 905 g/mol. The zero-order valence-electron chi connectivity index (χ0n) is 37.6. The van der Waals surface area contributed by atoms with Gasteiger partial charge < -0.3 is 24.7 Å². The number of morpholine rings is 1. The third-order valence-electron chi connectivity index (χ3n) is 14.4. The topological polar surface area (TPSA) is 198 Å². The fraction of sp³-hybridized carbons (Fsp3) is 0.500. The zero-order chi connectivity index (χ0) is 45.5. The number of aromatic nitrogens is 4. The summed E-state index contributed by atoms with van der Waals surface area (Å²) < 4.78 is 41.8. The summed E-state index contributed by atoms with van der Waals surface area (Å²) in [6.07, 6.45) is 12.6. The van der Waals surface area contributed by atoms with E-state index in [1.807, 2.05) is 6.07 Å². The van der Waals surface area contributed by atoms with Crippen LogP contribution in [0.4, 0.5) is 17.3 Å². The van der Waals surface area contributed by atoms with Crippen LogP contribution in [0, 0.1) is 26.9 Å². The van der Waals surface area contributed by atoms with E-state index in [4.69, 9.17) is 14.5 Å². The summed E-state index contributed by atoms with van der Waals surface area (Å²) >= 11 is 0. The standard InChI is InChI=1S/C48H59N9O7S/c1-31(2)37-7-5-6-8-38(37)41-30-63-22-21-56(41)34-25-48(26-34)16-19-55(20-17-48)42-10-9-39(46(53-42)64-35-23-33-13-18-49-43(33)51-28-35)45(58)54-65(61,62)36-24-40(57(59)60)44(52-29-36)50-27-32-11-14-47(3,4)15-12-32/h5-10,13,18,23-24,28-29,31-32,34,41H,11-12,14-17,19-22,25-27,30H2,1-4H3,(H,49,51)(H,50,52)(H,54,58)/t41-/m0/s1. The Bertz CT molecular complexity index is 2660. The molecule has 6 heterocycles. The second-order valence-electron chi connectivity index (χ2n) is 19.6. The van der Waals surface area contributed by atoms with Gasteiger partial charge in [0.15, 0.2) is 0 Å². The Hall–Kier alpha value is -5.65. The molecule has 344 valence electrons. The molecule has 3 N–H and O–H groups in total. The molecule has 1 spiro atoms. The van der Waals surface area contributed by atoms with E-state index in [0.29, 0.717) is 48.2 Å². The Morgan fingerprint density at radius 1 is 1.02 bits per heavy atom. The first kappa shape index (κ1) is 44.5. The van der Waals surface area contributed by atoms with Crippen LogP contribution in [0.25, 0.3) is 11.0 Å². The van der Waals surface area contributed by atoms with E-state index in [2.05, 4.69) is 86.8 Å². The maximum atomic E-state index is 13.9. The zero-order valence-corrected chi connectivity index (χ0v) is 38.4. The van der Waals surface area contributed by atoms with Gasteiger partial charge in [0, 0.05) is 49.9 Å². The first-order chi connectivity index (χ1) is 31.2. The van der Waals surface area contributed by atoms with Crippen LogP contribution in [0.2, 0.25) is 0 Å². The van der Waals surface area contributed by atoms with Crippen molar-refractivity contribution in [3.8, 4) is 11.6 Å². The Morgan fingerprint density at radius 3 is 2.54 bits per heavy atom. The highest BCUT2D eigenvalue weighted by Crippen LogP contribution is 2.53. The molecule has 2 saturated heterocycles. The number of carbonyl (C=O) groups excluding carboxylic acids is 1. The molecule has 2 saturated carbocycles. The van der Waals surface area contributed by atoms with E-state index in [0.717, 1.165) is 95.3 Å². The van der Waals surface area contributed by atoms with E-state index in [1.165, 1.54) is 23.4 Å². The Kier molecular flexibility index (Phi) is 12.3. The molecule has 1 amide bonds. The average molecular weight is 906 g/mol. The molecular weight excluding hydrogens is 847 g/mol. The van der Waals surface area contributed by atoms with Crippen molar-refractivity contribution in [2.75, 3.05) is 49.6 Å². The van der Waals surface area contributed by atoms with Crippen molar-refractivity contribution < 1.29 is 27.6 Å². The minimum absolute atomic E-state index is 0.0247. The molecule has 2 aliphatic carbocycles. The maximum absolute atomic E-state index is 13.9. The van der Waals surface area contributed by atoms with Crippen molar-refractivity contribution in [2.45, 2.75) is 102 Å². The fourth-order valence-electron chi connectivity index (χ4n) is 10.4. The summed E-state index contributed by atoms with van der Waals surface area (Å²) in [5.74, 6) is 0.498. The number of sulfonamides is 1. The van der Waals surface area contributed by atoms with Gasteiger partial charge in [0.2, 0.25) is 11.7 Å². The summed E-state index contributed by atoms with van der Waals surface area (Å²) in [5, 5.41) is 16.0. The van der Waals surface area contributed by atoms with Gasteiger partial charge in [-0.25, -0.2) is 23.1 Å². The molecule has 0 radical (unpaired) electrons. The Morgan fingerprint density at radius 2 is 1.78 bits per heavy atom. The summed E-state index contributed by atoms with van der Waals surface area (Å²) in [4.78, 5) is 46.2. The van der Waals surface area contributed by atoms with Gasteiger partial charge in [-0.05, 0) is 109 Å². The Labute approximate surface area is 380 Å². The SMILES string of the molecule is CC(C)c1ccccc1[C@@H]1COCCN1C1CC2(CCN(c3ccc(C(=O)NS(=O)(=O)c4cnc(NCC5CCC(C)(C)CC5)c([N+](=O)[O-])c4)c(Oc4cnc5[nH]ccc5c4)n3)CC2)C1. The largest absolute Gasteiger partial charge is 0.436 e. The minimum atomic E-state index is -4.63. The molecule has 9 rings (SSSR count). The highest BCUT2D eigenvalue weighted by Gasteiger charge is 2.50. The second kappa shape index (κ2) is 18.0. The number of hydrogen-bond acceptors (Lipinski definition) is 13. The highest BCUT2D eigenvalue weighted by atomic mass is 32.2. The number of nitrogens with zero attached hydrogens (tertiary/aromatic N) is 6. The van der Waals surface area contributed by atoms with E-state index in [-0.39, 0.29) is 34.1 Å². The van der Waals surface area contributed by atoms with E-state index in [1.54, 1.807) is 18.3 Å². The van der Waals surface area contributed by atoms with Crippen molar-refractivity contribution in [3.63, 3.8) is 0 Å². The van der Waals surface area contributed by atoms with Gasteiger partial charge in [0.1, 0.15) is 27.7 Å². The van der Waals surface area contributed by atoms with Crippen molar-refractivity contribution in [2.24, 2.45) is 16.7 Å². The summed E-state index contributed by atoms with van der Waals surface area (Å²) in [5.41, 5.74) is 3.27. The van der Waals surface area contributed by atoms with Crippen LogP contribution >= 0.6 is 0 Å². The van der Waals surface area contributed by atoms with Crippen LogP contribution in [-0.2, 0) is 14.8 Å². The summed E-state index contributed by atoms with van der Waals surface area (Å²) in [6, 6.07) is 17.2. The van der Waals surface area contributed by atoms with Crippen molar-refractivity contribution in [1.29, 1.82) is 0 Å². The molecule has 4 fully saturated rings. The van der Waals surface area contributed by atoms with Crippen molar-refractivity contribution in [1.82, 2.24) is 29.6 Å². The highest BCUT2D eigenvalue weighted by molar-refractivity contribution is 7.90. The molecule has 1 aromatic carbocycles. The lowest BCUT2D eigenvalue weighted by Crippen LogP contribution is -2.58. The number of anilines is 2. The third-order valence-corrected chi connectivity index (χ3v) is 15.7. The quantitative estimate of drug-likeness (QED) is 0.0750. The van der Waals surface area contributed by atoms with Gasteiger partial charge in [-0.15, -0.1) is 0 Å². The number of benzene rings is 1. The fourth-order valence-corrected chi connectivity index (χ4v) is 11.3. The predicted octanol–water partition coefficient (Wildman–Crippen LogP) is 8.75. The molecule has 4 aliphatic rings. The van der Waals surface area contributed by atoms with E-state index in [9.17, 15) is 23.3 Å². The minimum Gasteiger partial charge on any atom is -0.436 e. The molecule has 2 aliphatic heterocycles. The second-order valence-corrected chi connectivity index (χ2v) is 21.3. The number of ether oxygens (including phenoxy) is 2. The van der Waals surface area contributed by atoms with Gasteiger partial charge >= 0.3 is 5.69 Å². The first-order valence-electron chi connectivity index (χ1n) is 22.9. The molecule has 0 bridgehead atoms. The van der Waals surface area contributed by atoms with Crippen LogP contribution in [0.5, 0.6) is 11.6 Å². The van der Waals surface area contributed by atoms with Gasteiger partial charge in [-0.1, -0.05) is 52.0 Å². The molecule has 4 aromatic heterocycles. The van der Waals surface area contributed by atoms with Crippen LogP contribution in [0.15, 0.2) is 78.1 Å².